The first-order valence-corrected chi connectivity index (χ1v) is 6.83. The predicted octanol–water partition coefficient (Wildman–Crippen LogP) is 2.29. The lowest BCUT2D eigenvalue weighted by atomic mass is 10.2. The normalized spacial score (nSPS) is 21.1. The summed E-state index contributed by atoms with van der Waals surface area (Å²) in [5.74, 6) is 0. The first-order chi connectivity index (χ1) is 8.25. The Bertz CT molecular complexity index is 347. The molecule has 0 bridgehead atoms. The van der Waals surface area contributed by atoms with Crippen LogP contribution in [0.4, 0.5) is 4.79 Å². The molecule has 4 nitrogen and oxygen atoms in total. The third-order valence-electron chi connectivity index (χ3n) is 2.83. The number of rotatable bonds is 4. The number of amides is 2. The molecule has 1 aromatic rings. The van der Waals surface area contributed by atoms with E-state index in [1.54, 1.807) is 11.3 Å². The predicted molar refractivity (Wildman–Crippen MR) is 68.2 cm³/mol. The zero-order valence-electron chi connectivity index (χ0n) is 9.94. The van der Waals surface area contributed by atoms with Crippen molar-refractivity contribution in [1.82, 2.24) is 10.6 Å². The summed E-state index contributed by atoms with van der Waals surface area (Å²) < 4.78 is 5.44. The zero-order valence-corrected chi connectivity index (χ0v) is 10.8. The number of carbonyl (C=O) groups excluding carboxylic acids is 1. The standard InChI is InChI=1S/C12H18N2O2S/c1-9(11-5-3-7-17-11)14-12(15)13-8-10-4-2-6-16-10/h3,5,7,9-10H,2,4,6,8H2,1H3,(H2,13,14,15)/t9-,10+/m0/s1. The number of hydrogen-bond acceptors (Lipinski definition) is 3. The minimum absolute atomic E-state index is 0.0551. The number of nitrogens with one attached hydrogen (secondary N) is 2. The van der Waals surface area contributed by atoms with Crippen molar-refractivity contribution < 1.29 is 9.53 Å². The minimum Gasteiger partial charge on any atom is -0.376 e. The van der Waals surface area contributed by atoms with Gasteiger partial charge in [0.25, 0.3) is 0 Å². The molecule has 1 fully saturated rings. The second-order valence-electron chi connectivity index (χ2n) is 4.23. The first-order valence-electron chi connectivity index (χ1n) is 5.95. The van der Waals surface area contributed by atoms with Crippen LogP contribution in [0, 0.1) is 0 Å². The van der Waals surface area contributed by atoms with Crippen LogP contribution in [0.5, 0.6) is 0 Å². The van der Waals surface area contributed by atoms with Crippen molar-refractivity contribution in [3.8, 4) is 0 Å². The molecule has 94 valence electrons. The highest BCUT2D eigenvalue weighted by Crippen LogP contribution is 2.17. The number of thiophene rings is 1. The van der Waals surface area contributed by atoms with Gasteiger partial charge in [-0.3, -0.25) is 0 Å². The van der Waals surface area contributed by atoms with E-state index in [0.29, 0.717) is 6.54 Å². The van der Waals surface area contributed by atoms with Gasteiger partial charge in [0, 0.05) is 18.0 Å². The molecule has 0 aromatic carbocycles. The van der Waals surface area contributed by atoms with Gasteiger partial charge in [-0.2, -0.15) is 0 Å². The van der Waals surface area contributed by atoms with Crippen LogP contribution in [0.15, 0.2) is 17.5 Å². The molecule has 1 saturated heterocycles. The summed E-state index contributed by atoms with van der Waals surface area (Å²) in [4.78, 5) is 12.8. The third-order valence-corrected chi connectivity index (χ3v) is 3.89. The van der Waals surface area contributed by atoms with Crippen molar-refractivity contribution in [3.63, 3.8) is 0 Å². The topological polar surface area (TPSA) is 50.4 Å². The van der Waals surface area contributed by atoms with Gasteiger partial charge in [-0.05, 0) is 31.2 Å². The van der Waals surface area contributed by atoms with Crippen LogP contribution in [0.1, 0.15) is 30.7 Å². The third kappa shape index (κ3) is 3.71. The minimum atomic E-state index is -0.124. The Labute approximate surface area is 105 Å². The Morgan fingerprint density at radius 3 is 3.24 bits per heavy atom. The lowest BCUT2D eigenvalue weighted by Crippen LogP contribution is -2.40. The molecular weight excluding hydrogens is 236 g/mol. The van der Waals surface area contributed by atoms with E-state index in [0.717, 1.165) is 24.3 Å². The van der Waals surface area contributed by atoms with E-state index in [9.17, 15) is 4.79 Å². The van der Waals surface area contributed by atoms with Crippen molar-refractivity contribution in [3.05, 3.63) is 22.4 Å². The molecule has 1 aliphatic heterocycles. The van der Waals surface area contributed by atoms with Crippen molar-refractivity contribution in [2.45, 2.75) is 31.9 Å². The van der Waals surface area contributed by atoms with Crippen molar-refractivity contribution in [2.24, 2.45) is 0 Å². The highest BCUT2D eigenvalue weighted by atomic mass is 32.1. The number of urea groups is 1. The van der Waals surface area contributed by atoms with Crippen molar-refractivity contribution in [1.29, 1.82) is 0 Å². The van der Waals surface area contributed by atoms with E-state index < -0.39 is 0 Å². The molecule has 0 spiro atoms. The van der Waals surface area contributed by atoms with Crippen LogP contribution in [0.3, 0.4) is 0 Å². The zero-order chi connectivity index (χ0) is 12.1. The average Bonchev–Trinajstić information content (AvgIpc) is 2.99. The molecule has 0 unspecified atom stereocenters. The Balaban J connectivity index is 1.69. The van der Waals surface area contributed by atoms with Gasteiger partial charge < -0.3 is 15.4 Å². The molecule has 2 N–H and O–H groups in total. The van der Waals surface area contributed by atoms with Gasteiger partial charge in [-0.25, -0.2) is 4.79 Å². The summed E-state index contributed by atoms with van der Waals surface area (Å²) in [6.45, 7) is 3.40. The summed E-state index contributed by atoms with van der Waals surface area (Å²) in [5, 5.41) is 7.77. The second kappa shape index (κ2) is 6.02. The number of carbonyl (C=O) groups is 1. The maximum Gasteiger partial charge on any atom is 0.315 e. The molecular formula is C12H18N2O2S. The quantitative estimate of drug-likeness (QED) is 0.866. The summed E-state index contributed by atoms with van der Waals surface area (Å²) in [5.41, 5.74) is 0. The van der Waals surface area contributed by atoms with Crippen LogP contribution in [0.25, 0.3) is 0 Å². The van der Waals surface area contributed by atoms with E-state index in [-0.39, 0.29) is 18.2 Å². The molecule has 0 saturated carbocycles. The first kappa shape index (κ1) is 12.4. The van der Waals surface area contributed by atoms with E-state index in [2.05, 4.69) is 10.6 Å². The molecule has 2 rings (SSSR count). The highest BCUT2D eigenvalue weighted by molar-refractivity contribution is 7.10. The molecule has 1 aliphatic rings. The lowest BCUT2D eigenvalue weighted by Gasteiger charge is -2.15. The molecule has 0 radical (unpaired) electrons. The molecule has 2 heterocycles. The van der Waals surface area contributed by atoms with Crippen molar-refractivity contribution >= 4 is 17.4 Å². The summed E-state index contributed by atoms with van der Waals surface area (Å²) >= 11 is 1.65. The van der Waals surface area contributed by atoms with E-state index in [1.807, 2.05) is 24.4 Å². The Kier molecular flexibility index (Phi) is 4.39. The second-order valence-corrected chi connectivity index (χ2v) is 5.21. The maximum atomic E-state index is 11.6. The summed E-state index contributed by atoms with van der Waals surface area (Å²) in [7, 11) is 0. The van der Waals surface area contributed by atoms with Gasteiger partial charge >= 0.3 is 6.03 Å². The van der Waals surface area contributed by atoms with Crippen LogP contribution >= 0.6 is 11.3 Å². The lowest BCUT2D eigenvalue weighted by molar-refractivity contribution is 0.111. The van der Waals surface area contributed by atoms with Crippen molar-refractivity contribution in [2.75, 3.05) is 13.2 Å². The van der Waals surface area contributed by atoms with E-state index >= 15 is 0 Å². The monoisotopic (exact) mass is 254 g/mol. The fourth-order valence-corrected chi connectivity index (χ4v) is 2.60. The SMILES string of the molecule is C[C@H](NC(=O)NC[C@H]1CCCO1)c1cccs1. The fraction of sp³-hybridized carbons (Fsp3) is 0.583. The van der Waals surface area contributed by atoms with Gasteiger partial charge in [-0.15, -0.1) is 11.3 Å². The molecule has 2 atom stereocenters. The summed E-state index contributed by atoms with van der Waals surface area (Å²) in [6.07, 6.45) is 2.33. The molecule has 5 heteroatoms. The van der Waals surface area contributed by atoms with Crippen LogP contribution in [0.2, 0.25) is 0 Å². The largest absolute Gasteiger partial charge is 0.376 e. The number of ether oxygens (including phenoxy) is 1. The Morgan fingerprint density at radius 2 is 2.59 bits per heavy atom. The molecule has 1 aromatic heterocycles. The molecule has 17 heavy (non-hydrogen) atoms. The number of hydrogen-bond donors (Lipinski definition) is 2. The van der Waals surface area contributed by atoms with E-state index in [4.69, 9.17) is 4.74 Å². The smallest absolute Gasteiger partial charge is 0.315 e. The Morgan fingerprint density at radius 1 is 1.71 bits per heavy atom. The van der Waals surface area contributed by atoms with Gasteiger partial charge in [0.1, 0.15) is 0 Å². The average molecular weight is 254 g/mol. The maximum absolute atomic E-state index is 11.6. The van der Waals surface area contributed by atoms with Gasteiger partial charge in [0.2, 0.25) is 0 Å². The van der Waals surface area contributed by atoms with Gasteiger partial charge in [0.15, 0.2) is 0 Å². The molecule has 0 aliphatic carbocycles. The fourth-order valence-electron chi connectivity index (χ4n) is 1.87. The van der Waals surface area contributed by atoms with E-state index in [1.165, 1.54) is 0 Å². The van der Waals surface area contributed by atoms with Crippen LogP contribution < -0.4 is 10.6 Å². The van der Waals surface area contributed by atoms with Gasteiger partial charge in [0.05, 0.1) is 12.1 Å². The van der Waals surface area contributed by atoms with Crippen LogP contribution in [-0.2, 0) is 4.74 Å². The van der Waals surface area contributed by atoms with Crippen LogP contribution in [-0.4, -0.2) is 25.3 Å². The summed E-state index contributed by atoms with van der Waals surface area (Å²) in [6, 6.07) is 3.94. The highest BCUT2D eigenvalue weighted by Gasteiger charge is 2.17. The Hall–Kier alpha value is -1.07. The molecule has 2 amide bonds. The van der Waals surface area contributed by atoms with Gasteiger partial charge in [-0.1, -0.05) is 6.07 Å².